The SMILES string of the molecule is COc1cc(Br)cc(CCN2CCNCC2)c1OC. The lowest BCUT2D eigenvalue weighted by atomic mass is 10.1. The second-order valence-corrected chi connectivity index (χ2v) is 5.56. The van der Waals surface area contributed by atoms with Crippen molar-refractivity contribution in [3.8, 4) is 11.5 Å². The highest BCUT2D eigenvalue weighted by Crippen LogP contribution is 2.34. The summed E-state index contributed by atoms with van der Waals surface area (Å²) in [4.78, 5) is 2.48. The van der Waals surface area contributed by atoms with Crippen LogP contribution in [0.15, 0.2) is 16.6 Å². The Bertz CT molecular complexity index is 420. The molecule has 1 aliphatic heterocycles. The topological polar surface area (TPSA) is 33.7 Å². The van der Waals surface area contributed by atoms with E-state index < -0.39 is 0 Å². The monoisotopic (exact) mass is 328 g/mol. The molecule has 0 unspecified atom stereocenters. The second-order valence-electron chi connectivity index (χ2n) is 4.64. The number of hydrogen-bond acceptors (Lipinski definition) is 4. The van der Waals surface area contributed by atoms with Gasteiger partial charge < -0.3 is 19.7 Å². The molecular weight excluding hydrogens is 308 g/mol. The molecular formula is C14H21BrN2O2. The van der Waals surface area contributed by atoms with Gasteiger partial charge in [0.05, 0.1) is 14.2 Å². The first-order valence-electron chi connectivity index (χ1n) is 6.58. The molecule has 0 bridgehead atoms. The molecule has 1 N–H and O–H groups in total. The van der Waals surface area contributed by atoms with Crippen molar-refractivity contribution in [2.45, 2.75) is 6.42 Å². The summed E-state index contributed by atoms with van der Waals surface area (Å²) in [6, 6.07) is 4.05. The van der Waals surface area contributed by atoms with E-state index in [9.17, 15) is 0 Å². The zero-order valence-corrected chi connectivity index (χ0v) is 13.1. The molecule has 0 saturated carbocycles. The number of halogens is 1. The Labute approximate surface area is 123 Å². The van der Waals surface area contributed by atoms with E-state index in [2.05, 4.69) is 32.2 Å². The van der Waals surface area contributed by atoms with Gasteiger partial charge in [-0.1, -0.05) is 15.9 Å². The highest BCUT2D eigenvalue weighted by atomic mass is 79.9. The van der Waals surface area contributed by atoms with Crippen molar-refractivity contribution in [2.75, 3.05) is 46.9 Å². The molecule has 2 rings (SSSR count). The lowest BCUT2D eigenvalue weighted by Crippen LogP contribution is -2.44. The fraction of sp³-hybridized carbons (Fsp3) is 0.571. The number of methoxy groups -OCH3 is 2. The molecule has 0 atom stereocenters. The Hall–Kier alpha value is -0.780. The third-order valence-corrected chi connectivity index (χ3v) is 3.89. The first-order chi connectivity index (χ1) is 9.24. The lowest BCUT2D eigenvalue weighted by molar-refractivity contribution is 0.242. The van der Waals surface area contributed by atoms with Crippen LogP contribution in [0.5, 0.6) is 11.5 Å². The van der Waals surface area contributed by atoms with Gasteiger partial charge in [0, 0.05) is 42.8 Å². The average Bonchev–Trinajstić information content (AvgIpc) is 2.45. The number of nitrogens with zero attached hydrogens (tertiary/aromatic N) is 1. The summed E-state index contributed by atoms with van der Waals surface area (Å²) in [7, 11) is 3.37. The van der Waals surface area contributed by atoms with Gasteiger partial charge in [0.2, 0.25) is 0 Å². The van der Waals surface area contributed by atoms with Crippen molar-refractivity contribution in [3.63, 3.8) is 0 Å². The minimum absolute atomic E-state index is 0.784. The Morgan fingerprint density at radius 2 is 1.95 bits per heavy atom. The Kier molecular flexibility index (Phi) is 5.48. The molecule has 1 saturated heterocycles. The van der Waals surface area contributed by atoms with Crippen LogP contribution < -0.4 is 14.8 Å². The van der Waals surface area contributed by atoms with Crippen molar-refractivity contribution >= 4 is 15.9 Å². The molecule has 0 aliphatic carbocycles. The first-order valence-corrected chi connectivity index (χ1v) is 7.37. The quantitative estimate of drug-likeness (QED) is 0.895. The van der Waals surface area contributed by atoms with E-state index in [4.69, 9.17) is 9.47 Å². The van der Waals surface area contributed by atoms with Gasteiger partial charge in [-0.3, -0.25) is 0 Å². The van der Waals surface area contributed by atoms with Crippen LogP contribution in [0, 0.1) is 0 Å². The van der Waals surface area contributed by atoms with Crippen LogP contribution >= 0.6 is 15.9 Å². The molecule has 0 aromatic heterocycles. The van der Waals surface area contributed by atoms with Gasteiger partial charge in [0.15, 0.2) is 11.5 Å². The summed E-state index contributed by atoms with van der Waals surface area (Å²) < 4.78 is 11.9. The van der Waals surface area contributed by atoms with Crippen LogP contribution in [0.3, 0.4) is 0 Å². The number of ether oxygens (including phenoxy) is 2. The molecule has 0 amide bonds. The lowest BCUT2D eigenvalue weighted by Gasteiger charge is -2.27. The third kappa shape index (κ3) is 3.84. The molecule has 0 spiro atoms. The second kappa shape index (κ2) is 7.12. The van der Waals surface area contributed by atoms with E-state index >= 15 is 0 Å². The van der Waals surface area contributed by atoms with E-state index in [1.165, 1.54) is 5.56 Å². The smallest absolute Gasteiger partial charge is 0.164 e. The van der Waals surface area contributed by atoms with Gasteiger partial charge >= 0.3 is 0 Å². The van der Waals surface area contributed by atoms with Crippen molar-refractivity contribution in [1.82, 2.24) is 10.2 Å². The number of hydrogen-bond donors (Lipinski definition) is 1. The fourth-order valence-electron chi connectivity index (χ4n) is 2.41. The third-order valence-electron chi connectivity index (χ3n) is 3.43. The predicted octanol–water partition coefficient (Wildman–Crippen LogP) is 1.91. The highest BCUT2D eigenvalue weighted by molar-refractivity contribution is 9.10. The molecule has 5 heteroatoms. The molecule has 4 nitrogen and oxygen atoms in total. The summed E-state index contributed by atoms with van der Waals surface area (Å²) in [5, 5.41) is 3.37. The van der Waals surface area contributed by atoms with Crippen molar-refractivity contribution in [3.05, 3.63) is 22.2 Å². The van der Waals surface area contributed by atoms with Gasteiger partial charge in [-0.25, -0.2) is 0 Å². The summed E-state index contributed by atoms with van der Waals surface area (Å²) >= 11 is 3.52. The largest absolute Gasteiger partial charge is 0.493 e. The summed E-state index contributed by atoms with van der Waals surface area (Å²) in [5.41, 5.74) is 1.19. The molecule has 1 aliphatic rings. The van der Waals surface area contributed by atoms with Crippen molar-refractivity contribution in [2.24, 2.45) is 0 Å². The van der Waals surface area contributed by atoms with E-state index in [1.54, 1.807) is 14.2 Å². The van der Waals surface area contributed by atoms with E-state index in [0.717, 1.165) is 55.1 Å². The van der Waals surface area contributed by atoms with Crippen LogP contribution in [0.2, 0.25) is 0 Å². The molecule has 19 heavy (non-hydrogen) atoms. The molecule has 1 aromatic rings. The summed E-state index contributed by atoms with van der Waals surface area (Å²) in [6.45, 7) is 5.45. The Balaban J connectivity index is 2.07. The number of nitrogens with one attached hydrogen (secondary N) is 1. The standard InChI is InChI=1S/C14H21BrN2O2/c1-18-13-10-12(15)9-11(14(13)19-2)3-6-17-7-4-16-5-8-17/h9-10,16H,3-8H2,1-2H3. The van der Waals surface area contributed by atoms with Gasteiger partial charge in [0.1, 0.15) is 0 Å². The fourth-order valence-corrected chi connectivity index (χ4v) is 2.89. The van der Waals surface area contributed by atoms with E-state index in [1.807, 2.05) is 6.07 Å². The Morgan fingerprint density at radius 3 is 2.58 bits per heavy atom. The minimum Gasteiger partial charge on any atom is -0.493 e. The van der Waals surface area contributed by atoms with E-state index in [-0.39, 0.29) is 0 Å². The Morgan fingerprint density at radius 1 is 1.21 bits per heavy atom. The van der Waals surface area contributed by atoms with Gasteiger partial charge in [-0.2, -0.15) is 0 Å². The molecule has 106 valence electrons. The zero-order chi connectivity index (χ0) is 13.7. The molecule has 0 radical (unpaired) electrons. The number of benzene rings is 1. The summed E-state index contributed by atoms with van der Waals surface area (Å²) in [5.74, 6) is 1.63. The first kappa shape index (κ1) is 14.6. The molecule has 1 heterocycles. The minimum atomic E-state index is 0.784. The normalized spacial score (nSPS) is 16.4. The van der Waals surface area contributed by atoms with Crippen LogP contribution in [0.25, 0.3) is 0 Å². The maximum atomic E-state index is 5.49. The van der Waals surface area contributed by atoms with Crippen LogP contribution in [-0.2, 0) is 6.42 Å². The van der Waals surface area contributed by atoms with Crippen LogP contribution in [0.1, 0.15) is 5.56 Å². The number of piperazine rings is 1. The van der Waals surface area contributed by atoms with Gasteiger partial charge in [-0.15, -0.1) is 0 Å². The van der Waals surface area contributed by atoms with Crippen molar-refractivity contribution < 1.29 is 9.47 Å². The number of rotatable bonds is 5. The van der Waals surface area contributed by atoms with E-state index in [0.29, 0.717) is 0 Å². The maximum absolute atomic E-state index is 5.49. The highest BCUT2D eigenvalue weighted by Gasteiger charge is 2.14. The molecule has 1 fully saturated rings. The maximum Gasteiger partial charge on any atom is 0.164 e. The van der Waals surface area contributed by atoms with Gasteiger partial charge in [0.25, 0.3) is 0 Å². The summed E-state index contributed by atoms with van der Waals surface area (Å²) in [6.07, 6.45) is 0.971. The predicted molar refractivity (Wildman–Crippen MR) is 80.3 cm³/mol. The zero-order valence-electron chi connectivity index (χ0n) is 11.5. The van der Waals surface area contributed by atoms with Crippen LogP contribution in [0.4, 0.5) is 0 Å². The van der Waals surface area contributed by atoms with Gasteiger partial charge in [-0.05, 0) is 18.6 Å². The average molecular weight is 329 g/mol. The van der Waals surface area contributed by atoms with Crippen molar-refractivity contribution in [1.29, 1.82) is 0 Å². The molecule has 1 aromatic carbocycles. The van der Waals surface area contributed by atoms with Crippen LogP contribution in [-0.4, -0.2) is 51.8 Å².